The van der Waals surface area contributed by atoms with Crippen molar-refractivity contribution in [1.82, 2.24) is 24.3 Å². The molecule has 5 rings (SSSR count). The molecule has 0 aliphatic heterocycles. The Balaban J connectivity index is 1.42. The highest BCUT2D eigenvalue weighted by atomic mass is 16.1. The summed E-state index contributed by atoms with van der Waals surface area (Å²) in [4.78, 5) is 21.2. The van der Waals surface area contributed by atoms with Gasteiger partial charge in [-0.05, 0) is 36.6 Å². The fourth-order valence-corrected chi connectivity index (χ4v) is 3.43. The van der Waals surface area contributed by atoms with Gasteiger partial charge in [0, 0.05) is 30.6 Å². The van der Waals surface area contributed by atoms with E-state index in [1.165, 1.54) is 0 Å². The summed E-state index contributed by atoms with van der Waals surface area (Å²) in [7, 11) is 0. The van der Waals surface area contributed by atoms with Crippen molar-refractivity contribution in [2.75, 3.05) is 5.32 Å². The van der Waals surface area contributed by atoms with Gasteiger partial charge in [0.05, 0.1) is 16.9 Å². The minimum absolute atomic E-state index is 0.220. The van der Waals surface area contributed by atoms with Gasteiger partial charge in [-0.2, -0.15) is 5.10 Å². The number of benzene rings is 1. The number of nitrogens with one attached hydrogen (secondary N) is 1. The number of nitrogens with zero attached hydrogens (tertiary/aromatic N) is 5. The van der Waals surface area contributed by atoms with Crippen molar-refractivity contribution in [2.45, 2.75) is 19.3 Å². The summed E-state index contributed by atoms with van der Waals surface area (Å²) < 4.78 is 3.58. The summed E-state index contributed by atoms with van der Waals surface area (Å²) in [6, 6.07) is 15.4. The summed E-state index contributed by atoms with van der Waals surface area (Å²) >= 11 is 0. The zero-order valence-corrected chi connectivity index (χ0v) is 15.9. The van der Waals surface area contributed by atoms with Crippen LogP contribution in [0.4, 0.5) is 5.82 Å². The van der Waals surface area contributed by atoms with Gasteiger partial charge in [-0.15, -0.1) is 0 Å². The molecule has 1 aliphatic rings. The SMILES string of the molecule is C[C@H]1C[C@@H]1c1cc(NC(=O)c2ccc(-n3ccnc3)nc2)n(-c2ccccc2)n1. The van der Waals surface area contributed by atoms with Crippen LogP contribution in [0.15, 0.2) is 73.4 Å². The average Bonchev–Trinajstić information content (AvgIpc) is 3.15. The predicted molar refractivity (Wildman–Crippen MR) is 109 cm³/mol. The Bertz CT molecular complexity index is 1130. The van der Waals surface area contributed by atoms with Crippen LogP contribution in [0.5, 0.6) is 0 Å². The molecule has 1 fully saturated rings. The predicted octanol–water partition coefficient (Wildman–Crippen LogP) is 3.83. The lowest BCUT2D eigenvalue weighted by Crippen LogP contribution is -2.15. The van der Waals surface area contributed by atoms with Gasteiger partial charge in [-0.3, -0.25) is 9.36 Å². The first-order valence-electron chi connectivity index (χ1n) is 9.60. The zero-order chi connectivity index (χ0) is 19.8. The number of amides is 1. The summed E-state index contributed by atoms with van der Waals surface area (Å²) in [6.07, 6.45) is 7.86. The smallest absolute Gasteiger partial charge is 0.258 e. The Labute approximate surface area is 168 Å². The highest BCUT2D eigenvalue weighted by molar-refractivity contribution is 6.03. The molecule has 1 amide bonds. The van der Waals surface area contributed by atoms with Gasteiger partial charge in [-0.25, -0.2) is 14.6 Å². The topological polar surface area (TPSA) is 77.6 Å². The number of rotatable bonds is 5. The molecule has 4 aromatic rings. The Morgan fingerprint density at radius 1 is 1.17 bits per heavy atom. The third-order valence-electron chi connectivity index (χ3n) is 5.24. The van der Waals surface area contributed by atoms with Crippen LogP contribution >= 0.6 is 0 Å². The van der Waals surface area contributed by atoms with Gasteiger partial charge < -0.3 is 5.32 Å². The number of hydrogen-bond acceptors (Lipinski definition) is 4. The minimum atomic E-state index is -0.220. The molecule has 1 aromatic carbocycles. The molecule has 7 heteroatoms. The normalized spacial score (nSPS) is 17.8. The molecule has 3 aromatic heterocycles. The first-order valence-corrected chi connectivity index (χ1v) is 9.60. The van der Waals surface area contributed by atoms with Crippen molar-refractivity contribution < 1.29 is 4.79 Å². The van der Waals surface area contributed by atoms with E-state index in [2.05, 4.69) is 22.2 Å². The third-order valence-corrected chi connectivity index (χ3v) is 5.24. The second-order valence-electron chi connectivity index (χ2n) is 7.35. The molecule has 0 saturated heterocycles. The van der Waals surface area contributed by atoms with Crippen molar-refractivity contribution in [3.05, 3.63) is 84.7 Å². The lowest BCUT2D eigenvalue weighted by atomic mass is 10.2. The van der Waals surface area contributed by atoms with E-state index < -0.39 is 0 Å². The maximum absolute atomic E-state index is 12.8. The van der Waals surface area contributed by atoms with Gasteiger partial charge in [0.1, 0.15) is 18.0 Å². The first-order chi connectivity index (χ1) is 14.2. The van der Waals surface area contributed by atoms with Crippen LogP contribution in [0.3, 0.4) is 0 Å². The monoisotopic (exact) mass is 384 g/mol. The zero-order valence-electron chi connectivity index (χ0n) is 15.9. The molecule has 0 unspecified atom stereocenters. The second-order valence-corrected chi connectivity index (χ2v) is 7.35. The van der Waals surface area contributed by atoms with E-state index in [1.807, 2.05) is 36.4 Å². The number of para-hydroxylation sites is 1. The summed E-state index contributed by atoms with van der Waals surface area (Å²) in [6.45, 7) is 2.22. The number of carbonyl (C=O) groups excluding carboxylic acids is 1. The van der Waals surface area contributed by atoms with E-state index in [-0.39, 0.29) is 5.91 Å². The number of imidazole rings is 1. The van der Waals surface area contributed by atoms with Crippen molar-refractivity contribution in [2.24, 2.45) is 5.92 Å². The van der Waals surface area contributed by atoms with Crippen molar-refractivity contribution >= 4 is 11.7 Å². The molecule has 144 valence electrons. The molecule has 7 nitrogen and oxygen atoms in total. The standard InChI is InChI=1S/C22H20N6O/c1-15-11-18(15)19-12-21(28(26-19)17-5-3-2-4-6-17)25-22(29)16-7-8-20(24-13-16)27-10-9-23-14-27/h2-10,12-15,18H,11H2,1H3,(H,25,29)/t15-,18-/m0/s1. The number of pyridine rings is 1. The average molecular weight is 384 g/mol. The number of anilines is 1. The molecule has 29 heavy (non-hydrogen) atoms. The van der Waals surface area contributed by atoms with Gasteiger partial charge in [0.25, 0.3) is 5.91 Å². The van der Waals surface area contributed by atoms with Crippen molar-refractivity contribution in [1.29, 1.82) is 0 Å². The second kappa shape index (κ2) is 7.01. The van der Waals surface area contributed by atoms with E-state index >= 15 is 0 Å². The van der Waals surface area contributed by atoms with Crippen LogP contribution in [-0.2, 0) is 0 Å². The van der Waals surface area contributed by atoms with Crippen LogP contribution in [0.1, 0.15) is 35.3 Å². The summed E-state index contributed by atoms with van der Waals surface area (Å²) in [5.41, 5.74) is 2.41. The van der Waals surface area contributed by atoms with Gasteiger partial charge in [-0.1, -0.05) is 25.1 Å². The Morgan fingerprint density at radius 3 is 2.66 bits per heavy atom. The fourth-order valence-electron chi connectivity index (χ4n) is 3.43. The van der Waals surface area contributed by atoms with Gasteiger partial charge in [0.2, 0.25) is 0 Å². The Hall–Kier alpha value is -3.74. The van der Waals surface area contributed by atoms with Crippen LogP contribution in [0.2, 0.25) is 0 Å². The molecule has 0 radical (unpaired) electrons. The van der Waals surface area contributed by atoms with Crippen molar-refractivity contribution in [3.8, 4) is 11.5 Å². The van der Waals surface area contributed by atoms with Crippen molar-refractivity contribution in [3.63, 3.8) is 0 Å². The number of hydrogen-bond donors (Lipinski definition) is 1. The first kappa shape index (κ1) is 17.4. The molecule has 0 bridgehead atoms. The largest absolute Gasteiger partial charge is 0.306 e. The maximum Gasteiger partial charge on any atom is 0.258 e. The van der Waals surface area contributed by atoms with E-state index in [4.69, 9.17) is 5.10 Å². The third kappa shape index (κ3) is 3.42. The quantitative estimate of drug-likeness (QED) is 0.567. The van der Waals surface area contributed by atoms with E-state index in [0.717, 1.165) is 17.8 Å². The Kier molecular flexibility index (Phi) is 4.20. The molecule has 1 saturated carbocycles. The van der Waals surface area contributed by atoms with Gasteiger partial charge in [0.15, 0.2) is 0 Å². The Morgan fingerprint density at radius 2 is 2.00 bits per heavy atom. The van der Waals surface area contributed by atoms with Gasteiger partial charge >= 0.3 is 0 Å². The lowest BCUT2D eigenvalue weighted by molar-refractivity contribution is 0.102. The highest BCUT2D eigenvalue weighted by Crippen LogP contribution is 2.47. The molecular formula is C22H20N6O. The molecule has 0 spiro atoms. The van der Waals surface area contributed by atoms with E-state index in [1.54, 1.807) is 46.3 Å². The summed E-state index contributed by atoms with van der Waals surface area (Å²) in [5.74, 6) is 2.25. The van der Waals surface area contributed by atoms with Crippen LogP contribution in [0, 0.1) is 5.92 Å². The van der Waals surface area contributed by atoms with E-state index in [9.17, 15) is 4.79 Å². The number of carbonyl (C=O) groups is 1. The number of aromatic nitrogens is 5. The molecule has 2 atom stereocenters. The molecular weight excluding hydrogens is 364 g/mol. The molecule has 1 aliphatic carbocycles. The fraction of sp³-hybridized carbons (Fsp3) is 0.182. The van der Waals surface area contributed by atoms with E-state index in [0.29, 0.717) is 29.0 Å². The maximum atomic E-state index is 12.8. The summed E-state index contributed by atoms with van der Waals surface area (Å²) in [5, 5.41) is 7.76. The lowest BCUT2D eigenvalue weighted by Gasteiger charge is -2.09. The van der Waals surface area contributed by atoms with Crippen LogP contribution in [-0.4, -0.2) is 30.2 Å². The minimum Gasteiger partial charge on any atom is -0.306 e. The van der Waals surface area contributed by atoms with Crippen LogP contribution in [0.25, 0.3) is 11.5 Å². The highest BCUT2D eigenvalue weighted by Gasteiger charge is 2.36. The van der Waals surface area contributed by atoms with Crippen LogP contribution < -0.4 is 5.32 Å². The molecule has 1 N–H and O–H groups in total. The molecule has 3 heterocycles.